The molecule has 25 nitrogen and oxygen atoms in total. The van der Waals surface area contributed by atoms with Gasteiger partial charge in [-0.3, -0.25) is 46.1 Å². The minimum atomic E-state index is -4.82. The standard InChI is InChI=1S/C38H58N12O13P2Si2/c1-37(2,3)66(7,8)62-28-26-22(58-34(28)49-20-45-24-30(41)43-19-44-31(24)49)17-56-65(53,55-16-12-14-40)61-27-23(18-57-64(52,60-26)54-15-11-13-39)59-35(29(27)63-67(9,10)38(4,5)6)50-21-46-25-32(50)47-36(42)48-33(25)51/h19-23,26-29,34-35H,11-12,15-18H2,1-10H3,(H2,41,43,44)(H3,42,47,48,51)/t22-,23-,26-,27-,28-,29-,34-,35-,64?,65?/m1/s1. The van der Waals surface area contributed by atoms with Crippen molar-refractivity contribution in [2.24, 2.45) is 0 Å². The Labute approximate surface area is 388 Å². The van der Waals surface area contributed by atoms with Gasteiger partial charge in [0.1, 0.15) is 48.5 Å². The Morgan fingerprint density at radius 2 is 1.22 bits per heavy atom. The van der Waals surface area contributed by atoms with E-state index < -0.39 is 105 Å². The molecule has 3 fully saturated rings. The topological polar surface area (TPSA) is 333 Å². The van der Waals surface area contributed by atoms with E-state index in [4.69, 9.17) is 56.9 Å². The normalized spacial score (nSPS) is 30.0. The van der Waals surface area contributed by atoms with Gasteiger partial charge in [-0.25, -0.2) is 29.1 Å². The number of nitrogen functional groups attached to an aromatic ring is 2. The largest absolute Gasteiger partial charge is 0.475 e. The monoisotopic (exact) mass is 1010 g/mol. The number of aromatic nitrogens is 8. The molecule has 29 heteroatoms. The van der Waals surface area contributed by atoms with Gasteiger partial charge >= 0.3 is 15.6 Å². The molecular formula is C38H58N12O13P2Si2. The molecule has 4 aromatic heterocycles. The summed E-state index contributed by atoms with van der Waals surface area (Å²) in [5.74, 6) is -0.0988. The van der Waals surface area contributed by atoms with Crippen molar-refractivity contribution in [3.05, 3.63) is 29.3 Å². The van der Waals surface area contributed by atoms with Gasteiger partial charge in [0.25, 0.3) is 5.56 Å². The molecule has 5 N–H and O–H groups in total. The Bertz CT molecular complexity index is 2690. The Balaban J connectivity index is 1.37. The number of aromatic amines is 1. The Kier molecular flexibility index (Phi) is 14.5. The maximum Gasteiger partial charge on any atom is 0.475 e. The van der Waals surface area contributed by atoms with Crippen LogP contribution in [0.2, 0.25) is 36.3 Å². The van der Waals surface area contributed by atoms with Gasteiger partial charge < -0.3 is 29.8 Å². The number of rotatable bonds is 12. The van der Waals surface area contributed by atoms with Crippen molar-refractivity contribution >= 4 is 66.4 Å². The summed E-state index contributed by atoms with van der Waals surface area (Å²) in [4.78, 5) is 36.9. The SMILES string of the molecule is CC(C)(C)[Si](C)(C)O[C@@H]1[C@@H]2OP(=O)(OCCC#N)OC[C@H]3O[C@@H](n4cnc5c(=O)[nH]c(N)nc54)[C@H](O[Si](C)(C)C(C)(C)C)[C@@H]3OP(=O)(OCCC#N)OC[C@H]2O[C@H]1n1cnc2c(N)ncnc21. The van der Waals surface area contributed by atoms with Gasteiger partial charge in [-0.15, -0.1) is 0 Å². The summed E-state index contributed by atoms with van der Waals surface area (Å²) in [5.41, 5.74) is 12.1. The van der Waals surface area contributed by atoms with Gasteiger partial charge in [0, 0.05) is 0 Å². The van der Waals surface area contributed by atoms with E-state index in [0.29, 0.717) is 0 Å². The van der Waals surface area contributed by atoms with Crippen molar-refractivity contribution in [1.29, 1.82) is 10.5 Å². The van der Waals surface area contributed by atoms with Crippen LogP contribution in [-0.4, -0.2) is 119 Å². The van der Waals surface area contributed by atoms with Crippen LogP contribution >= 0.6 is 15.6 Å². The van der Waals surface area contributed by atoms with Crippen LogP contribution in [0.1, 0.15) is 66.8 Å². The molecule has 0 amide bonds. The minimum absolute atomic E-state index is 0.0268. The molecule has 3 aliphatic rings. The quantitative estimate of drug-likeness (QED) is 0.0884. The highest BCUT2D eigenvalue weighted by molar-refractivity contribution is 7.48. The van der Waals surface area contributed by atoms with Crippen molar-refractivity contribution in [3.63, 3.8) is 0 Å². The lowest BCUT2D eigenvalue weighted by Gasteiger charge is -2.41. The van der Waals surface area contributed by atoms with Gasteiger partial charge in [0.05, 0.1) is 64.1 Å². The first-order valence-corrected chi connectivity index (χ1v) is 30.3. The van der Waals surface area contributed by atoms with Crippen LogP contribution in [0, 0.1) is 22.7 Å². The molecule has 0 saturated carbocycles. The van der Waals surface area contributed by atoms with Crippen molar-refractivity contribution in [2.45, 2.75) is 140 Å². The molecule has 10 atom stereocenters. The van der Waals surface area contributed by atoms with E-state index in [0.717, 1.165) is 0 Å². The van der Waals surface area contributed by atoms with Gasteiger partial charge in [-0.1, -0.05) is 41.5 Å². The number of phosphoric acid groups is 2. The first-order valence-electron chi connectivity index (χ1n) is 21.5. The van der Waals surface area contributed by atoms with Crippen molar-refractivity contribution < 1.29 is 54.6 Å². The predicted octanol–water partition coefficient (Wildman–Crippen LogP) is 5.59. The molecule has 0 aromatic carbocycles. The Hall–Kier alpha value is -4.03. The van der Waals surface area contributed by atoms with Crippen LogP contribution in [0.25, 0.3) is 22.3 Å². The summed E-state index contributed by atoms with van der Waals surface area (Å²) in [6.45, 7) is 18.0. The third-order valence-corrected chi connectivity index (χ3v) is 24.5. The third kappa shape index (κ3) is 10.5. The zero-order chi connectivity index (χ0) is 48.9. The van der Waals surface area contributed by atoms with E-state index >= 15 is 9.13 Å². The average Bonchev–Trinajstić information content (AvgIpc) is 4.00. The van der Waals surface area contributed by atoms with Crippen LogP contribution in [0.5, 0.6) is 0 Å². The number of nitrogens with zero attached hydrogens (tertiary/aromatic N) is 9. The van der Waals surface area contributed by atoms with Gasteiger partial charge in [0.2, 0.25) is 5.95 Å². The summed E-state index contributed by atoms with van der Waals surface area (Å²) in [6.07, 6.45) is -6.53. The number of ether oxygens (including phenoxy) is 2. The molecule has 3 aliphatic heterocycles. The van der Waals surface area contributed by atoms with Crippen LogP contribution in [0.15, 0.2) is 23.8 Å². The number of nitriles is 2. The summed E-state index contributed by atoms with van der Waals surface area (Å²) >= 11 is 0. The molecule has 0 aliphatic carbocycles. The predicted molar refractivity (Wildman–Crippen MR) is 243 cm³/mol. The number of hydrogen-bond donors (Lipinski definition) is 3. The zero-order valence-electron chi connectivity index (χ0n) is 39.0. The van der Waals surface area contributed by atoms with Crippen LogP contribution in [0.4, 0.5) is 11.8 Å². The molecule has 3 saturated heterocycles. The first-order chi connectivity index (χ1) is 31.3. The summed E-state index contributed by atoms with van der Waals surface area (Å²) in [7, 11) is -15.3. The molecule has 0 spiro atoms. The molecule has 67 heavy (non-hydrogen) atoms. The van der Waals surface area contributed by atoms with E-state index in [2.05, 4.69) is 29.9 Å². The second-order valence-electron chi connectivity index (χ2n) is 19.3. The van der Waals surface area contributed by atoms with E-state index in [-0.39, 0.29) is 65.2 Å². The molecule has 2 unspecified atom stereocenters. The van der Waals surface area contributed by atoms with Crippen LogP contribution in [-0.2, 0) is 54.6 Å². The highest BCUT2D eigenvalue weighted by Gasteiger charge is 2.59. The maximum atomic E-state index is 15.3. The Morgan fingerprint density at radius 1 is 0.761 bits per heavy atom. The van der Waals surface area contributed by atoms with Crippen molar-refractivity contribution in [2.75, 3.05) is 37.9 Å². The smallest absolute Gasteiger partial charge is 0.407 e. The van der Waals surface area contributed by atoms with Gasteiger partial charge in [-0.05, 0) is 36.3 Å². The van der Waals surface area contributed by atoms with Gasteiger partial charge in [-0.2, -0.15) is 15.5 Å². The zero-order valence-corrected chi connectivity index (χ0v) is 42.8. The van der Waals surface area contributed by atoms with E-state index in [1.165, 1.54) is 23.5 Å². The number of phosphoric ester groups is 2. The van der Waals surface area contributed by atoms with E-state index in [9.17, 15) is 15.3 Å². The number of nitrogens with one attached hydrogen (secondary N) is 1. The number of hydrogen-bond acceptors (Lipinski definition) is 22. The lowest BCUT2D eigenvalue weighted by atomic mass is 10.1. The molecule has 0 bridgehead atoms. The van der Waals surface area contributed by atoms with E-state index in [1.54, 1.807) is 4.57 Å². The maximum absolute atomic E-state index is 15.3. The van der Waals surface area contributed by atoms with E-state index in [1.807, 2.05) is 79.9 Å². The fraction of sp³-hybridized carbons (Fsp3) is 0.684. The van der Waals surface area contributed by atoms with Crippen molar-refractivity contribution in [3.8, 4) is 12.1 Å². The molecule has 7 heterocycles. The lowest BCUT2D eigenvalue weighted by molar-refractivity contribution is -0.0703. The third-order valence-electron chi connectivity index (χ3n) is 12.7. The van der Waals surface area contributed by atoms with Crippen LogP contribution in [0.3, 0.4) is 0 Å². The highest BCUT2D eigenvalue weighted by Crippen LogP contribution is 2.59. The number of anilines is 2. The lowest BCUT2D eigenvalue weighted by Crippen LogP contribution is -2.50. The number of fused-ring (bicyclic) bond motifs is 4. The number of imidazole rings is 2. The first kappa shape index (κ1) is 50.8. The van der Waals surface area contributed by atoms with Gasteiger partial charge in [0.15, 0.2) is 51.7 Å². The summed E-state index contributed by atoms with van der Waals surface area (Å²) in [6, 6.07) is 3.94. The second-order valence-corrected chi connectivity index (χ2v) is 32.0. The molecule has 4 aromatic rings. The van der Waals surface area contributed by atoms with Crippen molar-refractivity contribution in [1.82, 2.24) is 39.0 Å². The van der Waals surface area contributed by atoms with Crippen LogP contribution < -0.4 is 17.0 Å². The fourth-order valence-corrected chi connectivity index (χ4v) is 12.4. The highest BCUT2D eigenvalue weighted by atomic mass is 31.2. The summed E-state index contributed by atoms with van der Waals surface area (Å²) in [5, 5.41) is 18.2. The summed E-state index contributed by atoms with van der Waals surface area (Å²) < 4.78 is 98.1. The minimum Gasteiger partial charge on any atom is -0.407 e. The molecule has 7 rings (SSSR count). The average molecular weight is 1010 g/mol. The number of nitrogens with two attached hydrogens (primary N) is 2. The molecule has 0 radical (unpaired) electrons. The Morgan fingerprint density at radius 3 is 1.69 bits per heavy atom. The fourth-order valence-electron chi connectivity index (χ4n) is 7.09. The second kappa shape index (κ2) is 19.1. The number of H-pyrrole nitrogens is 1. The molecular weight excluding hydrogens is 951 g/mol. The molecule has 366 valence electrons.